The first-order chi connectivity index (χ1) is 24.8. The van der Waals surface area contributed by atoms with Crippen LogP contribution in [-0.4, -0.2) is 69.2 Å². The van der Waals surface area contributed by atoms with Gasteiger partial charge in [-0.25, -0.2) is 22.6 Å². The lowest BCUT2D eigenvalue weighted by molar-refractivity contribution is -0.146. The van der Waals surface area contributed by atoms with Crippen molar-refractivity contribution < 1.29 is 40.8 Å². The van der Waals surface area contributed by atoms with Crippen LogP contribution in [0, 0.1) is 11.7 Å². The molecule has 0 aliphatic carbocycles. The van der Waals surface area contributed by atoms with E-state index >= 15 is 0 Å². The summed E-state index contributed by atoms with van der Waals surface area (Å²) in [7, 11) is -1.56. The number of furan rings is 1. The zero-order chi connectivity index (χ0) is 37.3. The number of carbonyl (C=O) groups excluding carboxylic acids is 3. The van der Waals surface area contributed by atoms with Crippen LogP contribution in [0.3, 0.4) is 0 Å². The highest BCUT2D eigenvalue weighted by atomic mass is 32.2. The molecule has 6 rings (SSSR count). The first kappa shape index (κ1) is 35.7. The van der Waals surface area contributed by atoms with Crippen molar-refractivity contribution in [3.63, 3.8) is 0 Å². The van der Waals surface area contributed by atoms with Crippen LogP contribution < -0.4 is 14.9 Å². The molecule has 52 heavy (non-hydrogen) atoms. The molecule has 0 spiro atoms. The molecular weight excluding hydrogens is 693 g/mol. The van der Waals surface area contributed by atoms with E-state index in [-0.39, 0.29) is 34.4 Å². The number of ether oxygens (including phenoxy) is 1. The van der Waals surface area contributed by atoms with Gasteiger partial charge in [-0.3, -0.25) is 13.9 Å². The largest absolute Gasteiger partial charge is 0.467 e. The minimum absolute atomic E-state index is 0.0311. The monoisotopic (exact) mass is 727 g/mol. The molecule has 6 aromatic rings. The summed E-state index contributed by atoms with van der Waals surface area (Å²) in [6.07, 6.45) is 2.53. The first-order valence-electron chi connectivity index (χ1n) is 16.0. The summed E-state index contributed by atoms with van der Waals surface area (Å²) >= 11 is 0. The van der Waals surface area contributed by atoms with E-state index in [0.29, 0.717) is 38.9 Å². The summed E-state index contributed by atoms with van der Waals surface area (Å²) < 4.78 is 58.9. The fourth-order valence-electron chi connectivity index (χ4n) is 5.79. The maximum absolute atomic E-state index is 13.9. The Kier molecular flexibility index (Phi) is 9.80. The van der Waals surface area contributed by atoms with E-state index in [4.69, 9.17) is 13.6 Å². The molecule has 13 nitrogen and oxygen atoms in total. The molecule has 268 valence electrons. The van der Waals surface area contributed by atoms with E-state index in [0.717, 1.165) is 10.6 Å². The molecule has 0 saturated carbocycles. The Morgan fingerprint density at radius 3 is 2.33 bits per heavy atom. The summed E-state index contributed by atoms with van der Waals surface area (Å²) in [6, 6.07) is 17.7. The molecule has 2 amide bonds. The fourth-order valence-corrected chi connectivity index (χ4v) is 6.65. The Balaban J connectivity index is 1.58. The number of hydrogen-bond acceptors (Lipinski definition) is 10. The van der Waals surface area contributed by atoms with Crippen molar-refractivity contribution in [3.05, 3.63) is 90.4 Å². The van der Waals surface area contributed by atoms with E-state index in [1.54, 1.807) is 62.5 Å². The molecule has 0 aliphatic heterocycles. The van der Waals surface area contributed by atoms with Gasteiger partial charge in [0.05, 0.1) is 24.6 Å². The molecule has 3 heterocycles. The van der Waals surface area contributed by atoms with E-state index in [1.165, 1.54) is 44.5 Å². The molecule has 1 atom stereocenters. The molecule has 0 bridgehead atoms. The van der Waals surface area contributed by atoms with Crippen LogP contribution in [0.15, 0.2) is 87.8 Å². The van der Waals surface area contributed by atoms with Gasteiger partial charge in [-0.2, -0.15) is 4.98 Å². The van der Waals surface area contributed by atoms with Gasteiger partial charge >= 0.3 is 5.97 Å². The average Bonchev–Trinajstić information content (AvgIpc) is 3.73. The number of esters is 1. The second-order valence-electron chi connectivity index (χ2n) is 12.3. The van der Waals surface area contributed by atoms with Gasteiger partial charge < -0.3 is 24.2 Å². The minimum atomic E-state index is -4.20. The number of carbonyl (C=O) groups is 3. The van der Waals surface area contributed by atoms with Crippen LogP contribution in [-0.2, 0) is 24.3 Å². The number of halogens is 1. The number of pyridine rings is 1. The van der Waals surface area contributed by atoms with Crippen LogP contribution in [0.5, 0.6) is 0 Å². The number of fused-ring (bicyclic) bond motifs is 2. The number of sulfonamides is 1. The Morgan fingerprint density at radius 2 is 1.67 bits per heavy atom. The Morgan fingerprint density at radius 1 is 0.942 bits per heavy atom. The maximum atomic E-state index is 13.9. The van der Waals surface area contributed by atoms with E-state index in [1.807, 2.05) is 0 Å². The molecule has 3 aromatic heterocycles. The quantitative estimate of drug-likeness (QED) is 0.161. The SMILES string of the molecule is CNC(=O)c1c(-c2ccc(F)cc2)oc2cc(N(CC(=O)NC(C(=O)OC)C(C)C)S(C)(=O)=O)c(-c3cccc(-c4nc5ncccc5o4)c3)cc12. The number of anilines is 1. The Hall–Kier alpha value is -6.09. The minimum Gasteiger partial charge on any atom is -0.467 e. The van der Waals surface area contributed by atoms with Crippen molar-refractivity contribution in [3.8, 4) is 33.9 Å². The Labute approximate surface area is 297 Å². The highest BCUT2D eigenvalue weighted by Crippen LogP contribution is 2.42. The Bertz CT molecular complexity index is 2410. The molecule has 0 saturated heterocycles. The molecule has 3 aromatic carbocycles. The van der Waals surface area contributed by atoms with E-state index < -0.39 is 46.2 Å². The number of oxazole rings is 1. The fraction of sp³-hybridized carbons (Fsp3) is 0.216. The van der Waals surface area contributed by atoms with Crippen molar-refractivity contribution in [1.82, 2.24) is 20.6 Å². The molecule has 0 radical (unpaired) electrons. The standard InChI is InChI=1S/C37H34FN5O8S/c1-20(2)32(37(46)49-4)41-30(44)19-43(52(5,47)48)27-18-29-26(31(35(45)39-3)33(50-29)21-11-13-24(38)14-12-21)17-25(27)22-8-6-9-23(16-22)36-42-34-28(51-36)10-7-15-40-34/h6-18,20,32H,19H2,1-5H3,(H,39,45)(H,41,44). The smallest absolute Gasteiger partial charge is 0.328 e. The number of methoxy groups -OCH3 is 1. The predicted octanol–water partition coefficient (Wildman–Crippen LogP) is 5.55. The second-order valence-corrected chi connectivity index (χ2v) is 14.2. The van der Waals surface area contributed by atoms with Crippen molar-refractivity contribution in [2.75, 3.05) is 31.3 Å². The number of amides is 2. The predicted molar refractivity (Wildman–Crippen MR) is 192 cm³/mol. The molecule has 15 heteroatoms. The number of benzene rings is 3. The van der Waals surface area contributed by atoms with Gasteiger partial charge in [0.1, 0.15) is 29.7 Å². The number of hydrogen-bond donors (Lipinski definition) is 2. The molecule has 2 N–H and O–H groups in total. The first-order valence-corrected chi connectivity index (χ1v) is 17.9. The highest BCUT2D eigenvalue weighted by molar-refractivity contribution is 7.92. The van der Waals surface area contributed by atoms with Crippen molar-refractivity contribution in [2.24, 2.45) is 5.92 Å². The maximum Gasteiger partial charge on any atom is 0.328 e. The summed E-state index contributed by atoms with van der Waals surface area (Å²) in [4.78, 5) is 48.1. The van der Waals surface area contributed by atoms with Gasteiger partial charge in [0.2, 0.25) is 21.8 Å². The second kappa shape index (κ2) is 14.3. The zero-order valence-electron chi connectivity index (χ0n) is 28.8. The van der Waals surface area contributed by atoms with Gasteiger partial charge in [-0.15, -0.1) is 0 Å². The summed E-state index contributed by atoms with van der Waals surface area (Å²) in [5.74, 6) is -2.45. The van der Waals surface area contributed by atoms with Gasteiger partial charge in [0.25, 0.3) is 5.91 Å². The lowest BCUT2D eigenvalue weighted by Crippen LogP contribution is -2.49. The van der Waals surface area contributed by atoms with Crippen molar-refractivity contribution >= 4 is 55.7 Å². The lowest BCUT2D eigenvalue weighted by atomic mass is 9.97. The van der Waals surface area contributed by atoms with Crippen LogP contribution >= 0.6 is 0 Å². The summed E-state index contributed by atoms with van der Waals surface area (Å²) in [5, 5.41) is 5.52. The van der Waals surface area contributed by atoms with Gasteiger partial charge in [0, 0.05) is 41.4 Å². The summed E-state index contributed by atoms with van der Waals surface area (Å²) in [6.45, 7) is 2.70. The van der Waals surface area contributed by atoms with Gasteiger partial charge in [-0.1, -0.05) is 26.0 Å². The molecular formula is C37H34FN5O8S. The molecule has 0 aliphatic rings. The summed E-state index contributed by atoms with van der Waals surface area (Å²) in [5.41, 5.74) is 2.83. The van der Waals surface area contributed by atoms with Crippen LogP contribution in [0.25, 0.3) is 56.1 Å². The highest BCUT2D eigenvalue weighted by Gasteiger charge is 2.31. The van der Waals surface area contributed by atoms with E-state index in [9.17, 15) is 27.2 Å². The third kappa shape index (κ3) is 7.07. The van der Waals surface area contributed by atoms with Crippen molar-refractivity contribution in [1.29, 1.82) is 0 Å². The van der Waals surface area contributed by atoms with Gasteiger partial charge in [-0.05, 0) is 66.1 Å². The number of nitrogens with zero attached hydrogens (tertiary/aromatic N) is 3. The molecule has 0 fully saturated rings. The lowest BCUT2D eigenvalue weighted by Gasteiger charge is -2.26. The zero-order valence-corrected chi connectivity index (χ0v) is 29.6. The number of nitrogens with one attached hydrogen (secondary N) is 2. The third-order valence-corrected chi connectivity index (χ3v) is 9.47. The number of aromatic nitrogens is 2. The van der Waals surface area contributed by atoms with Crippen LogP contribution in [0.4, 0.5) is 10.1 Å². The van der Waals surface area contributed by atoms with Crippen LogP contribution in [0.1, 0.15) is 24.2 Å². The topological polar surface area (TPSA) is 174 Å². The average molecular weight is 728 g/mol. The van der Waals surface area contributed by atoms with Crippen LogP contribution in [0.2, 0.25) is 0 Å². The molecule has 1 unspecified atom stereocenters. The third-order valence-electron chi connectivity index (χ3n) is 8.35. The van der Waals surface area contributed by atoms with Gasteiger partial charge in [0.15, 0.2) is 11.2 Å². The van der Waals surface area contributed by atoms with Crippen molar-refractivity contribution in [2.45, 2.75) is 19.9 Å². The normalized spacial score (nSPS) is 12.2. The van der Waals surface area contributed by atoms with E-state index in [2.05, 4.69) is 20.6 Å². The number of rotatable bonds is 11.